The number of amides is 1. The van der Waals surface area contributed by atoms with E-state index in [0.717, 1.165) is 5.69 Å². The SMILES string of the molecule is Cc1cccc(C(=O)Nc2cccc(N(C)C)c2)c1F. The minimum Gasteiger partial charge on any atom is -0.378 e. The van der Waals surface area contributed by atoms with Crippen molar-refractivity contribution in [1.29, 1.82) is 0 Å². The summed E-state index contributed by atoms with van der Waals surface area (Å²) in [6, 6.07) is 12.2. The molecule has 2 aromatic carbocycles. The van der Waals surface area contributed by atoms with Gasteiger partial charge in [0, 0.05) is 25.5 Å². The summed E-state index contributed by atoms with van der Waals surface area (Å²) in [6.45, 7) is 1.64. The minimum atomic E-state index is -0.478. The van der Waals surface area contributed by atoms with E-state index >= 15 is 0 Å². The molecular weight excluding hydrogens is 255 g/mol. The Bertz CT molecular complexity index is 638. The molecule has 20 heavy (non-hydrogen) atoms. The summed E-state index contributed by atoms with van der Waals surface area (Å²) in [6.07, 6.45) is 0. The first kappa shape index (κ1) is 14.1. The molecule has 0 unspecified atom stereocenters. The standard InChI is InChI=1S/C16H17FN2O/c1-11-6-4-9-14(15(11)17)16(20)18-12-7-5-8-13(10-12)19(2)3/h4-10H,1-3H3,(H,18,20). The number of aryl methyl sites for hydroxylation is 1. The minimum absolute atomic E-state index is 0.0558. The van der Waals surface area contributed by atoms with Crippen LogP contribution in [0.1, 0.15) is 15.9 Å². The lowest BCUT2D eigenvalue weighted by Crippen LogP contribution is -2.15. The highest BCUT2D eigenvalue weighted by Crippen LogP contribution is 2.19. The van der Waals surface area contributed by atoms with E-state index < -0.39 is 11.7 Å². The molecule has 0 heterocycles. The van der Waals surface area contributed by atoms with Gasteiger partial charge in [-0.15, -0.1) is 0 Å². The Morgan fingerprint density at radius 3 is 2.55 bits per heavy atom. The van der Waals surface area contributed by atoms with Gasteiger partial charge in [0.25, 0.3) is 5.91 Å². The van der Waals surface area contributed by atoms with Gasteiger partial charge in [-0.05, 0) is 36.8 Å². The summed E-state index contributed by atoms with van der Waals surface area (Å²) < 4.78 is 13.9. The highest BCUT2D eigenvalue weighted by molar-refractivity contribution is 6.04. The third-order valence-electron chi connectivity index (χ3n) is 3.06. The van der Waals surface area contributed by atoms with Crippen molar-refractivity contribution in [2.45, 2.75) is 6.92 Å². The zero-order valence-electron chi connectivity index (χ0n) is 11.8. The Hall–Kier alpha value is -2.36. The number of benzene rings is 2. The molecule has 4 heteroatoms. The van der Waals surface area contributed by atoms with Gasteiger partial charge in [-0.3, -0.25) is 4.79 Å². The fourth-order valence-corrected chi connectivity index (χ4v) is 1.88. The van der Waals surface area contributed by atoms with Crippen LogP contribution in [-0.2, 0) is 0 Å². The van der Waals surface area contributed by atoms with Crippen molar-refractivity contribution in [2.24, 2.45) is 0 Å². The number of nitrogens with one attached hydrogen (secondary N) is 1. The fourth-order valence-electron chi connectivity index (χ4n) is 1.88. The second kappa shape index (κ2) is 5.74. The largest absolute Gasteiger partial charge is 0.378 e. The van der Waals surface area contributed by atoms with E-state index in [1.807, 2.05) is 37.2 Å². The van der Waals surface area contributed by atoms with Gasteiger partial charge in [0.05, 0.1) is 5.56 Å². The van der Waals surface area contributed by atoms with Crippen LogP contribution in [-0.4, -0.2) is 20.0 Å². The Balaban J connectivity index is 2.24. The zero-order chi connectivity index (χ0) is 14.7. The molecule has 0 fully saturated rings. The van der Waals surface area contributed by atoms with Crippen molar-refractivity contribution in [2.75, 3.05) is 24.3 Å². The number of hydrogen-bond donors (Lipinski definition) is 1. The molecule has 2 rings (SSSR count). The first-order valence-electron chi connectivity index (χ1n) is 6.33. The summed E-state index contributed by atoms with van der Waals surface area (Å²) in [5, 5.41) is 2.72. The van der Waals surface area contributed by atoms with Gasteiger partial charge in [0.1, 0.15) is 5.82 Å². The molecule has 2 aromatic rings. The van der Waals surface area contributed by atoms with Crippen LogP contribution in [0.2, 0.25) is 0 Å². The van der Waals surface area contributed by atoms with E-state index in [2.05, 4.69) is 5.32 Å². The van der Waals surface area contributed by atoms with Crippen molar-refractivity contribution < 1.29 is 9.18 Å². The average Bonchev–Trinajstić information content (AvgIpc) is 2.42. The summed E-state index contributed by atoms with van der Waals surface area (Å²) in [5.41, 5.74) is 2.12. The van der Waals surface area contributed by atoms with Gasteiger partial charge in [0.15, 0.2) is 0 Å². The lowest BCUT2D eigenvalue weighted by molar-refractivity contribution is 0.102. The summed E-state index contributed by atoms with van der Waals surface area (Å²) in [7, 11) is 3.84. The summed E-state index contributed by atoms with van der Waals surface area (Å²) >= 11 is 0. The molecule has 0 aliphatic heterocycles. The predicted octanol–water partition coefficient (Wildman–Crippen LogP) is 3.45. The van der Waals surface area contributed by atoms with E-state index in [0.29, 0.717) is 11.3 Å². The first-order chi connectivity index (χ1) is 9.49. The van der Waals surface area contributed by atoms with Crippen molar-refractivity contribution >= 4 is 17.3 Å². The highest BCUT2D eigenvalue weighted by Gasteiger charge is 2.13. The summed E-state index contributed by atoms with van der Waals surface area (Å²) in [4.78, 5) is 14.0. The topological polar surface area (TPSA) is 32.3 Å². The number of nitrogens with zero attached hydrogens (tertiary/aromatic N) is 1. The number of hydrogen-bond acceptors (Lipinski definition) is 2. The van der Waals surface area contributed by atoms with Gasteiger partial charge in [-0.1, -0.05) is 18.2 Å². The Labute approximate surface area is 118 Å². The van der Waals surface area contributed by atoms with Crippen molar-refractivity contribution in [3.8, 4) is 0 Å². The molecule has 0 saturated heterocycles. The molecule has 0 aliphatic rings. The fraction of sp³-hybridized carbons (Fsp3) is 0.188. The molecule has 0 aliphatic carbocycles. The smallest absolute Gasteiger partial charge is 0.258 e. The van der Waals surface area contributed by atoms with Gasteiger partial charge in [0.2, 0.25) is 0 Å². The maximum atomic E-state index is 13.9. The van der Waals surface area contributed by atoms with Gasteiger partial charge < -0.3 is 10.2 Å². The maximum absolute atomic E-state index is 13.9. The van der Waals surface area contributed by atoms with Crippen LogP contribution >= 0.6 is 0 Å². The molecule has 0 aromatic heterocycles. The van der Waals surface area contributed by atoms with Crippen LogP contribution in [0.25, 0.3) is 0 Å². The first-order valence-corrected chi connectivity index (χ1v) is 6.33. The zero-order valence-corrected chi connectivity index (χ0v) is 11.8. The highest BCUT2D eigenvalue weighted by atomic mass is 19.1. The molecular formula is C16H17FN2O. The third-order valence-corrected chi connectivity index (χ3v) is 3.06. The van der Waals surface area contributed by atoms with Crippen LogP contribution in [0.4, 0.5) is 15.8 Å². The number of halogens is 1. The summed E-state index contributed by atoms with van der Waals surface area (Å²) in [5.74, 6) is -0.920. The Kier molecular flexibility index (Phi) is 4.03. The molecule has 0 radical (unpaired) electrons. The number of anilines is 2. The van der Waals surface area contributed by atoms with Crippen LogP contribution in [0.5, 0.6) is 0 Å². The Morgan fingerprint density at radius 2 is 1.85 bits per heavy atom. The second-order valence-corrected chi connectivity index (χ2v) is 4.84. The molecule has 0 bridgehead atoms. The van der Waals surface area contributed by atoms with Crippen molar-refractivity contribution in [3.05, 3.63) is 59.4 Å². The van der Waals surface area contributed by atoms with Crippen molar-refractivity contribution in [3.63, 3.8) is 0 Å². The quantitative estimate of drug-likeness (QED) is 0.928. The van der Waals surface area contributed by atoms with E-state index in [-0.39, 0.29) is 5.56 Å². The van der Waals surface area contributed by atoms with E-state index in [1.54, 1.807) is 25.1 Å². The van der Waals surface area contributed by atoms with Crippen LogP contribution in [0, 0.1) is 12.7 Å². The van der Waals surface area contributed by atoms with Crippen LogP contribution in [0.3, 0.4) is 0 Å². The van der Waals surface area contributed by atoms with Gasteiger partial charge in [-0.25, -0.2) is 4.39 Å². The maximum Gasteiger partial charge on any atom is 0.258 e. The molecule has 1 amide bonds. The van der Waals surface area contributed by atoms with Gasteiger partial charge >= 0.3 is 0 Å². The Morgan fingerprint density at radius 1 is 1.15 bits per heavy atom. The van der Waals surface area contributed by atoms with E-state index in [1.165, 1.54) is 6.07 Å². The third kappa shape index (κ3) is 2.96. The monoisotopic (exact) mass is 272 g/mol. The second-order valence-electron chi connectivity index (χ2n) is 4.84. The normalized spacial score (nSPS) is 10.2. The van der Waals surface area contributed by atoms with Crippen LogP contribution in [0.15, 0.2) is 42.5 Å². The van der Waals surface area contributed by atoms with Crippen molar-refractivity contribution in [1.82, 2.24) is 0 Å². The molecule has 0 atom stereocenters. The van der Waals surface area contributed by atoms with Gasteiger partial charge in [-0.2, -0.15) is 0 Å². The van der Waals surface area contributed by atoms with E-state index in [4.69, 9.17) is 0 Å². The van der Waals surface area contributed by atoms with Crippen LogP contribution < -0.4 is 10.2 Å². The number of rotatable bonds is 3. The average molecular weight is 272 g/mol. The molecule has 104 valence electrons. The molecule has 1 N–H and O–H groups in total. The lowest BCUT2D eigenvalue weighted by atomic mass is 10.1. The predicted molar refractivity (Wildman–Crippen MR) is 79.9 cm³/mol. The van der Waals surface area contributed by atoms with E-state index in [9.17, 15) is 9.18 Å². The molecule has 0 spiro atoms. The number of carbonyl (C=O) groups excluding carboxylic acids is 1. The lowest BCUT2D eigenvalue weighted by Gasteiger charge is -2.14. The number of carbonyl (C=O) groups is 1. The molecule has 3 nitrogen and oxygen atoms in total. The molecule has 0 saturated carbocycles.